The maximum Gasteiger partial charge on any atom is 0.223 e. The monoisotopic (exact) mass is 329 g/mol. The van der Waals surface area contributed by atoms with Gasteiger partial charge in [-0.15, -0.1) is 10.2 Å². The Balaban J connectivity index is 1.55. The Morgan fingerprint density at radius 3 is 2.75 bits per heavy atom. The van der Waals surface area contributed by atoms with E-state index in [2.05, 4.69) is 14.8 Å². The van der Waals surface area contributed by atoms with Crippen LogP contribution >= 0.6 is 0 Å². The van der Waals surface area contributed by atoms with Crippen LogP contribution in [0.4, 0.5) is 0 Å². The third kappa shape index (κ3) is 2.73. The minimum Gasteiger partial charge on any atom is -0.480 e. The second-order valence-corrected chi connectivity index (χ2v) is 7.05. The van der Waals surface area contributed by atoms with Crippen LogP contribution in [0, 0.1) is 6.92 Å². The van der Waals surface area contributed by atoms with E-state index in [1.807, 2.05) is 18.5 Å². The topological polar surface area (TPSA) is 88.0 Å². The van der Waals surface area contributed by atoms with Gasteiger partial charge in [0.15, 0.2) is 11.6 Å². The second-order valence-electron chi connectivity index (χ2n) is 7.05. The van der Waals surface area contributed by atoms with Gasteiger partial charge in [-0.05, 0) is 32.6 Å². The van der Waals surface area contributed by atoms with Crippen LogP contribution < -0.4 is 15.9 Å². The largest absolute Gasteiger partial charge is 0.480 e. The molecular weight excluding hydrogens is 306 g/mol. The summed E-state index contributed by atoms with van der Waals surface area (Å²) < 4.78 is 9.86. The molecule has 0 bridgehead atoms. The van der Waals surface area contributed by atoms with Gasteiger partial charge < -0.3 is 19.6 Å². The van der Waals surface area contributed by atoms with Crippen LogP contribution in [0.5, 0.6) is 5.75 Å². The predicted octanol–water partition coefficient (Wildman–Crippen LogP) is 1.40. The molecule has 2 heterocycles. The number of hydrogen-bond donors (Lipinski definition) is 1. The fourth-order valence-corrected chi connectivity index (χ4v) is 3.27. The number of hydrogen-bond acceptors (Lipinski definition) is 5. The smallest absolute Gasteiger partial charge is 0.223 e. The molecule has 7 nitrogen and oxygen atoms in total. The van der Waals surface area contributed by atoms with Gasteiger partial charge in [0.05, 0.1) is 0 Å². The van der Waals surface area contributed by atoms with Gasteiger partial charge in [-0.3, -0.25) is 4.79 Å². The molecule has 0 aromatic carbocycles. The van der Waals surface area contributed by atoms with Crippen LogP contribution in [0.1, 0.15) is 55.0 Å². The highest BCUT2D eigenvalue weighted by Crippen LogP contribution is 2.42. The average molecular weight is 329 g/mol. The molecule has 2 aromatic rings. The zero-order valence-corrected chi connectivity index (χ0v) is 14.1. The highest BCUT2D eigenvalue weighted by molar-refractivity contribution is 5.21. The Kier molecular flexibility index (Phi) is 3.68. The summed E-state index contributed by atoms with van der Waals surface area (Å²) in [5.41, 5.74) is 6.71. The highest BCUT2D eigenvalue weighted by atomic mass is 16.5. The second kappa shape index (κ2) is 5.73. The zero-order valence-electron chi connectivity index (χ0n) is 14.1. The minimum atomic E-state index is -0.103. The van der Waals surface area contributed by atoms with Crippen molar-refractivity contribution in [2.24, 2.45) is 12.8 Å². The molecule has 2 aromatic heterocycles. The first-order valence-corrected chi connectivity index (χ1v) is 8.52. The summed E-state index contributed by atoms with van der Waals surface area (Å²) in [4.78, 5) is 12.1. The van der Waals surface area contributed by atoms with E-state index in [1.165, 1.54) is 0 Å². The van der Waals surface area contributed by atoms with E-state index in [-0.39, 0.29) is 18.1 Å². The van der Waals surface area contributed by atoms with Crippen LogP contribution in [-0.4, -0.2) is 25.4 Å². The van der Waals surface area contributed by atoms with Gasteiger partial charge in [0.25, 0.3) is 0 Å². The fraction of sp³-hybridized carbons (Fsp3) is 0.588. The first-order chi connectivity index (χ1) is 11.5. The molecule has 7 heteroatoms. The average Bonchev–Trinajstić information content (AvgIpc) is 3.27. The van der Waals surface area contributed by atoms with E-state index in [0.29, 0.717) is 17.7 Å². The lowest BCUT2D eigenvalue weighted by Gasteiger charge is -2.31. The summed E-state index contributed by atoms with van der Waals surface area (Å²) in [5, 5.41) is 8.72. The number of rotatable bonds is 5. The van der Waals surface area contributed by atoms with Crippen molar-refractivity contribution in [2.75, 3.05) is 0 Å². The number of aryl methyl sites for hydroxylation is 2. The van der Waals surface area contributed by atoms with Gasteiger partial charge >= 0.3 is 0 Å². The maximum atomic E-state index is 12.1. The number of ether oxygens (including phenoxy) is 1. The summed E-state index contributed by atoms with van der Waals surface area (Å²) >= 11 is 0. The van der Waals surface area contributed by atoms with Crippen LogP contribution in [0.15, 0.2) is 17.1 Å². The first-order valence-electron chi connectivity index (χ1n) is 8.52. The lowest BCUT2D eigenvalue weighted by atomic mass is 9.80. The van der Waals surface area contributed by atoms with E-state index in [0.717, 1.165) is 43.0 Å². The summed E-state index contributed by atoms with van der Waals surface area (Å²) in [6.07, 6.45) is 5.99. The SMILES string of the molecule is Cc1cc(=O)c(OCc2nnc(C3CC(N)C3)n2C2CC2)cn1C. The molecule has 0 spiro atoms. The van der Waals surface area contributed by atoms with E-state index in [4.69, 9.17) is 10.5 Å². The van der Waals surface area contributed by atoms with E-state index in [1.54, 1.807) is 12.3 Å². The van der Waals surface area contributed by atoms with Gasteiger partial charge in [-0.1, -0.05) is 0 Å². The van der Waals surface area contributed by atoms with Crippen molar-refractivity contribution in [3.8, 4) is 5.75 Å². The van der Waals surface area contributed by atoms with Crippen molar-refractivity contribution in [1.29, 1.82) is 0 Å². The summed E-state index contributed by atoms with van der Waals surface area (Å²) in [7, 11) is 1.90. The van der Waals surface area contributed by atoms with Crippen LogP contribution in [-0.2, 0) is 13.7 Å². The highest BCUT2D eigenvalue weighted by Gasteiger charge is 2.37. The number of pyridine rings is 1. The molecule has 0 amide bonds. The lowest BCUT2D eigenvalue weighted by Crippen LogP contribution is -2.36. The van der Waals surface area contributed by atoms with E-state index < -0.39 is 0 Å². The molecule has 0 aliphatic heterocycles. The minimum absolute atomic E-state index is 0.103. The first kappa shape index (κ1) is 15.4. The molecule has 2 fully saturated rings. The van der Waals surface area contributed by atoms with Gasteiger partial charge in [0.2, 0.25) is 5.43 Å². The number of nitrogens with two attached hydrogens (primary N) is 1. The van der Waals surface area contributed by atoms with Gasteiger partial charge in [-0.25, -0.2) is 0 Å². The molecule has 2 saturated carbocycles. The number of nitrogens with zero attached hydrogens (tertiary/aromatic N) is 4. The Morgan fingerprint density at radius 2 is 2.08 bits per heavy atom. The van der Waals surface area contributed by atoms with Crippen LogP contribution in [0.2, 0.25) is 0 Å². The quantitative estimate of drug-likeness (QED) is 0.896. The van der Waals surface area contributed by atoms with Crippen molar-refractivity contribution in [3.63, 3.8) is 0 Å². The van der Waals surface area contributed by atoms with Gasteiger partial charge in [0.1, 0.15) is 12.4 Å². The van der Waals surface area contributed by atoms with Crippen molar-refractivity contribution in [3.05, 3.63) is 39.8 Å². The third-order valence-electron chi connectivity index (χ3n) is 5.05. The molecular formula is C17H23N5O2. The normalized spacial score (nSPS) is 23.1. The standard InChI is InChI=1S/C17H23N5O2/c1-10-5-14(23)15(8-21(10)2)24-9-16-19-20-17(11-6-12(18)7-11)22(16)13-3-4-13/h5,8,11-13H,3-4,6-7,9,18H2,1-2H3. The molecule has 2 N–H and O–H groups in total. The summed E-state index contributed by atoms with van der Waals surface area (Å²) in [6.45, 7) is 2.16. The van der Waals surface area contributed by atoms with Crippen molar-refractivity contribution in [1.82, 2.24) is 19.3 Å². The van der Waals surface area contributed by atoms with Gasteiger partial charge in [-0.2, -0.15) is 0 Å². The Morgan fingerprint density at radius 1 is 1.33 bits per heavy atom. The molecule has 24 heavy (non-hydrogen) atoms. The van der Waals surface area contributed by atoms with Crippen LogP contribution in [0.25, 0.3) is 0 Å². The Hall–Kier alpha value is -2.15. The molecule has 0 radical (unpaired) electrons. The fourth-order valence-electron chi connectivity index (χ4n) is 3.27. The van der Waals surface area contributed by atoms with Gasteiger partial charge in [0, 0.05) is 43.0 Å². The third-order valence-corrected chi connectivity index (χ3v) is 5.05. The Labute approximate surface area is 140 Å². The maximum absolute atomic E-state index is 12.1. The summed E-state index contributed by atoms with van der Waals surface area (Å²) in [5.74, 6) is 2.60. The van der Waals surface area contributed by atoms with Crippen molar-refractivity contribution in [2.45, 2.75) is 57.2 Å². The van der Waals surface area contributed by atoms with E-state index in [9.17, 15) is 4.79 Å². The lowest BCUT2D eigenvalue weighted by molar-refractivity contribution is 0.280. The van der Waals surface area contributed by atoms with Crippen LogP contribution in [0.3, 0.4) is 0 Å². The molecule has 0 unspecified atom stereocenters. The molecule has 0 saturated heterocycles. The van der Waals surface area contributed by atoms with Crippen molar-refractivity contribution >= 4 is 0 Å². The molecule has 2 aliphatic rings. The number of aromatic nitrogens is 4. The van der Waals surface area contributed by atoms with Crippen molar-refractivity contribution < 1.29 is 4.74 Å². The zero-order chi connectivity index (χ0) is 16.8. The summed E-state index contributed by atoms with van der Waals surface area (Å²) in [6, 6.07) is 2.35. The Bertz CT molecular complexity index is 815. The molecule has 0 atom stereocenters. The molecule has 2 aliphatic carbocycles. The molecule has 128 valence electrons. The predicted molar refractivity (Wildman–Crippen MR) is 89.0 cm³/mol. The van der Waals surface area contributed by atoms with E-state index >= 15 is 0 Å². The molecule has 4 rings (SSSR count).